The lowest BCUT2D eigenvalue weighted by Crippen LogP contribution is -1.91. The highest BCUT2D eigenvalue weighted by molar-refractivity contribution is 6.27. The maximum atomic E-state index is 6.57. The van der Waals surface area contributed by atoms with Gasteiger partial charge >= 0.3 is 0 Å². The minimum atomic E-state index is 0.895. The van der Waals surface area contributed by atoms with Crippen LogP contribution >= 0.6 is 0 Å². The Morgan fingerprint density at radius 1 is 0.259 bits per heavy atom. The molecule has 10 aromatic carbocycles. The average molecular weight is 687 g/mol. The van der Waals surface area contributed by atoms with Crippen molar-refractivity contribution >= 4 is 87.0 Å². The Labute approximate surface area is 310 Å². The summed E-state index contributed by atoms with van der Waals surface area (Å²) < 4.78 is 13.1. The monoisotopic (exact) mass is 686 g/mol. The Bertz CT molecular complexity index is 3280. The summed E-state index contributed by atoms with van der Waals surface area (Å²) in [5.41, 5.74) is 10.7. The van der Waals surface area contributed by atoms with Crippen molar-refractivity contribution in [2.75, 3.05) is 0 Å². The van der Waals surface area contributed by atoms with Crippen LogP contribution in [0.3, 0.4) is 0 Å². The van der Waals surface area contributed by atoms with Crippen LogP contribution < -0.4 is 0 Å². The molecule has 0 saturated heterocycles. The predicted octanol–water partition coefficient (Wildman–Crippen LogP) is 15.1. The maximum absolute atomic E-state index is 6.57. The van der Waals surface area contributed by atoms with E-state index in [1.165, 1.54) is 76.5 Å². The standard InChI is InChI=1S/C52H30O2/c1-2-14-33(15-3-1)48-40-20-8-18-36(38-22-10-24-44-51(38)49-34-16-6-4-12-31(34)26-28-46(49)53-44)42(40)30-43-37(19-9-21-41(43)48)39-23-11-25-45-52(39)50-35-17-7-5-13-32(35)27-29-47(50)54-45/h1-30H. The molecule has 2 nitrogen and oxygen atoms in total. The molecule has 0 unspecified atom stereocenters. The Morgan fingerprint density at radius 2 is 0.685 bits per heavy atom. The number of furan rings is 2. The van der Waals surface area contributed by atoms with Gasteiger partial charge in [-0.2, -0.15) is 0 Å². The Kier molecular flexibility index (Phi) is 6.09. The van der Waals surface area contributed by atoms with E-state index < -0.39 is 0 Å². The van der Waals surface area contributed by atoms with Crippen LogP contribution in [0, 0.1) is 0 Å². The lowest BCUT2D eigenvalue weighted by Gasteiger charge is -2.18. The topological polar surface area (TPSA) is 26.3 Å². The second-order valence-corrected chi connectivity index (χ2v) is 14.3. The predicted molar refractivity (Wildman–Crippen MR) is 227 cm³/mol. The highest BCUT2D eigenvalue weighted by Crippen LogP contribution is 2.48. The van der Waals surface area contributed by atoms with E-state index in [2.05, 4.69) is 182 Å². The number of fused-ring (bicyclic) bond motifs is 12. The Balaban J connectivity index is 1.23. The van der Waals surface area contributed by atoms with Gasteiger partial charge in [0.05, 0.1) is 0 Å². The number of benzene rings is 10. The zero-order valence-corrected chi connectivity index (χ0v) is 29.1. The number of rotatable bonds is 3. The summed E-state index contributed by atoms with van der Waals surface area (Å²) in [5, 5.41) is 14.3. The second-order valence-electron chi connectivity index (χ2n) is 14.3. The summed E-state index contributed by atoms with van der Waals surface area (Å²) in [6, 6.07) is 65.6. The van der Waals surface area contributed by atoms with E-state index in [0.29, 0.717) is 0 Å². The molecule has 0 aliphatic heterocycles. The van der Waals surface area contributed by atoms with Gasteiger partial charge in [-0.3, -0.25) is 0 Å². The van der Waals surface area contributed by atoms with Crippen LogP contribution in [0.4, 0.5) is 0 Å². The molecule has 0 fully saturated rings. The third-order valence-electron chi connectivity index (χ3n) is 11.5. The molecule has 0 spiro atoms. The minimum Gasteiger partial charge on any atom is -0.456 e. The van der Waals surface area contributed by atoms with Crippen LogP contribution in [0.25, 0.3) is 120 Å². The molecule has 12 rings (SSSR count). The molecule has 2 heteroatoms. The molecule has 0 amide bonds. The maximum Gasteiger partial charge on any atom is 0.136 e. The van der Waals surface area contributed by atoms with Gasteiger partial charge < -0.3 is 8.83 Å². The highest BCUT2D eigenvalue weighted by Gasteiger charge is 2.21. The minimum absolute atomic E-state index is 0.895. The molecule has 0 N–H and O–H groups in total. The van der Waals surface area contributed by atoms with E-state index in [1.54, 1.807) is 0 Å². The van der Waals surface area contributed by atoms with Crippen LogP contribution in [0.1, 0.15) is 0 Å². The summed E-state index contributed by atoms with van der Waals surface area (Å²) in [7, 11) is 0. The van der Waals surface area contributed by atoms with Gasteiger partial charge in [-0.1, -0.05) is 152 Å². The molecular weight excluding hydrogens is 657 g/mol. The molecule has 0 atom stereocenters. The van der Waals surface area contributed by atoms with Crippen LogP contribution in [-0.4, -0.2) is 0 Å². The fourth-order valence-corrected chi connectivity index (χ4v) is 9.18. The molecule has 2 aromatic heterocycles. The zero-order chi connectivity index (χ0) is 35.3. The first-order valence-corrected chi connectivity index (χ1v) is 18.5. The van der Waals surface area contributed by atoms with Crippen molar-refractivity contribution < 1.29 is 8.83 Å². The first kappa shape index (κ1) is 29.4. The Hall–Kier alpha value is -7.16. The molecule has 0 aliphatic carbocycles. The third kappa shape index (κ3) is 4.11. The molecule has 54 heavy (non-hydrogen) atoms. The quantitative estimate of drug-likeness (QED) is 0.173. The summed E-state index contributed by atoms with van der Waals surface area (Å²) in [6.45, 7) is 0. The van der Waals surface area contributed by atoms with Crippen LogP contribution in [0.15, 0.2) is 191 Å². The van der Waals surface area contributed by atoms with E-state index in [9.17, 15) is 0 Å². The van der Waals surface area contributed by atoms with E-state index >= 15 is 0 Å². The van der Waals surface area contributed by atoms with Crippen LogP contribution in [-0.2, 0) is 0 Å². The van der Waals surface area contributed by atoms with Gasteiger partial charge in [0.25, 0.3) is 0 Å². The summed E-state index contributed by atoms with van der Waals surface area (Å²) in [4.78, 5) is 0. The normalized spacial score (nSPS) is 12.1. The van der Waals surface area contributed by atoms with Gasteiger partial charge in [0, 0.05) is 21.5 Å². The van der Waals surface area contributed by atoms with Crippen molar-refractivity contribution in [2.45, 2.75) is 0 Å². The molecule has 0 aliphatic rings. The molecule has 250 valence electrons. The zero-order valence-electron chi connectivity index (χ0n) is 29.1. The van der Waals surface area contributed by atoms with Gasteiger partial charge in [0.2, 0.25) is 0 Å². The molecule has 12 aromatic rings. The van der Waals surface area contributed by atoms with E-state index in [-0.39, 0.29) is 0 Å². The van der Waals surface area contributed by atoms with E-state index in [4.69, 9.17) is 8.83 Å². The summed E-state index contributed by atoms with van der Waals surface area (Å²) in [6.07, 6.45) is 0. The fraction of sp³-hybridized carbons (Fsp3) is 0. The molecule has 0 saturated carbocycles. The van der Waals surface area contributed by atoms with Crippen molar-refractivity contribution in [3.05, 3.63) is 182 Å². The van der Waals surface area contributed by atoms with Crippen molar-refractivity contribution in [2.24, 2.45) is 0 Å². The Morgan fingerprint density at radius 3 is 1.22 bits per heavy atom. The third-order valence-corrected chi connectivity index (χ3v) is 11.5. The van der Waals surface area contributed by atoms with Gasteiger partial charge in [0.1, 0.15) is 22.3 Å². The summed E-state index contributed by atoms with van der Waals surface area (Å²) in [5.74, 6) is 0. The number of hydrogen-bond donors (Lipinski definition) is 0. The van der Waals surface area contributed by atoms with Crippen molar-refractivity contribution in [1.29, 1.82) is 0 Å². The largest absolute Gasteiger partial charge is 0.456 e. The first-order chi connectivity index (χ1) is 26.8. The highest BCUT2D eigenvalue weighted by atomic mass is 16.3. The SMILES string of the molecule is c1ccc(-c2c3cccc(-c4cccc5oc6ccc7ccccc7c6c45)c3cc3c(-c4cccc5oc6ccc7ccccc7c6c45)cccc23)cc1. The molecular formula is C52H30O2. The van der Waals surface area contributed by atoms with Gasteiger partial charge in [0.15, 0.2) is 0 Å². The van der Waals surface area contributed by atoms with Gasteiger partial charge in [-0.15, -0.1) is 0 Å². The van der Waals surface area contributed by atoms with E-state index in [0.717, 1.165) is 43.9 Å². The first-order valence-electron chi connectivity index (χ1n) is 18.5. The van der Waals surface area contributed by atoms with Crippen molar-refractivity contribution in [1.82, 2.24) is 0 Å². The second kappa shape index (κ2) is 11.2. The van der Waals surface area contributed by atoms with Gasteiger partial charge in [-0.05, 0) is 107 Å². The van der Waals surface area contributed by atoms with Crippen LogP contribution in [0.5, 0.6) is 0 Å². The molecule has 0 bridgehead atoms. The molecule has 0 radical (unpaired) electrons. The fourth-order valence-electron chi connectivity index (χ4n) is 9.18. The lowest BCUT2D eigenvalue weighted by molar-refractivity contribution is 0.669. The van der Waals surface area contributed by atoms with E-state index in [1.807, 2.05) is 0 Å². The average Bonchev–Trinajstić information content (AvgIpc) is 3.82. The van der Waals surface area contributed by atoms with Gasteiger partial charge in [-0.25, -0.2) is 0 Å². The van der Waals surface area contributed by atoms with Crippen LogP contribution in [0.2, 0.25) is 0 Å². The molecule has 2 heterocycles. The summed E-state index contributed by atoms with van der Waals surface area (Å²) >= 11 is 0. The number of hydrogen-bond acceptors (Lipinski definition) is 2. The van der Waals surface area contributed by atoms with Crippen molar-refractivity contribution in [3.63, 3.8) is 0 Å². The van der Waals surface area contributed by atoms with Crippen molar-refractivity contribution in [3.8, 4) is 33.4 Å². The smallest absolute Gasteiger partial charge is 0.136 e. The lowest BCUT2D eigenvalue weighted by atomic mass is 9.85.